The zero-order chi connectivity index (χ0) is 18.0. The second-order valence-electron chi connectivity index (χ2n) is 5.83. The molecule has 4 nitrogen and oxygen atoms in total. The number of amides is 2. The Labute approximate surface area is 151 Å². The lowest BCUT2D eigenvalue weighted by Crippen LogP contribution is -2.30. The van der Waals surface area contributed by atoms with E-state index in [1.165, 1.54) is 4.90 Å². The summed E-state index contributed by atoms with van der Waals surface area (Å²) in [6.45, 7) is 4.65. The summed E-state index contributed by atoms with van der Waals surface area (Å²) >= 11 is 6.18. The van der Waals surface area contributed by atoms with Crippen molar-refractivity contribution in [2.75, 3.05) is 6.61 Å². The molecule has 0 aliphatic carbocycles. The number of aryl methyl sites for hydroxylation is 1. The van der Waals surface area contributed by atoms with Crippen molar-refractivity contribution in [3.63, 3.8) is 0 Å². The summed E-state index contributed by atoms with van der Waals surface area (Å²) in [6.07, 6.45) is 0. The maximum absolute atomic E-state index is 12.7. The van der Waals surface area contributed by atoms with Crippen LogP contribution >= 0.6 is 11.6 Å². The Morgan fingerprint density at radius 1 is 0.960 bits per heavy atom. The van der Waals surface area contributed by atoms with Crippen molar-refractivity contribution in [3.8, 4) is 5.75 Å². The Morgan fingerprint density at radius 3 is 2.20 bits per heavy atom. The van der Waals surface area contributed by atoms with E-state index in [0.717, 1.165) is 11.1 Å². The lowest BCUT2D eigenvalue weighted by atomic mass is 10.1. The normalized spacial score (nSPS) is 14.4. The molecule has 0 radical (unpaired) electrons. The summed E-state index contributed by atoms with van der Waals surface area (Å²) in [4.78, 5) is 26.4. The SMILES string of the molecule is CCOc1ccc(C2=C(Cl)C(=O)N(Cc3ccc(C)cc3)C2=O)cc1. The van der Waals surface area contributed by atoms with Gasteiger partial charge >= 0.3 is 0 Å². The fourth-order valence-electron chi connectivity index (χ4n) is 2.70. The predicted octanol–water partition coefficient (Wildman–Crippen LogP) is 3.91. The van der Waals surface area contributed by atoms with Crippen LogP contribution in [0.4, 0.5) is 0 Å². The summed E-state index contributed by atoms with van der Waals surface area (Å²) in [6, 6.07) is 14.7. The van der Waals surface area contributed by atoms with Gasteiger partial charge < -0.3 is 4.74 Å². The molecule has 0 N–H and O–H groups in total. The molecule has 1 aliphatic rings. The van der Waals surface area contributed by atoms with Gasteiger partial charge in [-0.25, -0.2) is 0 Å². The summed E-state index contributed by atoms with van der Waals surface area (Å²) in [5, 5.41) is -0.0405. The van der Waals surface area contributed by atoms with Gasteiger partial charge in [0.2, 0.25) is 0 Å². The average molecular weight is 356 g/mol. The molecule has 2 aromatic rings. The number of rotatable bonds is 5. The molecule has 0 unspecified atom stereocenters. The van der Waals surface area contributed by atoms with Gasteiger partial charge in [-0.15, -0.1) is 0 Å². The molecule has 3 rings (SSSR count). The van der Waals surface area contributed by atoms with Gasteiger partial charge in [0.1, 0.15) is 10.8 Å². The topological polar surface area (TPSA) is 46.6 Å². The van der Waals surface area contributed by atoms with Crippen LogP contribution in [0.25, 0.3) is 5.57 Å². The summed E-state index contributed by atoms with van der Waals surface area (Å²) in [5.41, 5.74) is 2.85. The Hall–Kier alpha value is -2.59. The minimum absolute atomic E-state index is 0.0405. The van der Waals surface area contributed by atoms with Crippen LogP contribution in [-0.2, 0) is 16.1 Å². The molecule has 2 aromatic carbocycles. The van der Waals surface area contributed by atoms with Gasteiger partial charge in [-0.3, -0.25) is 14.5 Å². The van der Waals surface area contributed by atoms with Crippen LogP contribution in [0.5, 0.6) is 5.75 Å². The molecule has 0 fully saturated rings. The molecule has 25 heavy (non-hydrogen) atoms. The largest absolute Gasteiger partial charge is 0.494 e. The van der Waals surface area contributed by atoms with E-state index in [4.69, 9.17) is 16.3 Å². The minimum atomic E-state index is -0.462. The molecule has 0 bridgehead atoms. The second-order valence-corrected chi connectivity index (χ2v) is 6.21. The predicted molar refractivity (Wildman–Crippen MR) is 97.1 cm³/mol. The van der Waals surface area contributed by atoms with E-state index in [2.05, 4.69) is 0 Å². The first-order chi connectivity index (χ1) is 12.0. The number of imide groups is 1. The van der Waals surface area contributed by atoms with E-state index in [0.29, 0.717) is 17.9 Å². The molecular formula is C20H18ClNO3. The first-order valence-electron chi connectivity index (χ1n) is 8.06. The van der Waals surface area contributed by atoms with Crippen LogP contribution in [0.15, 0.2) is 53.6 Å². The van der Waals surface area contributed by atoms with Crippen molar-refractivity contribution >= 4 is 29.0 Å². The highest BCUT2D eigenvalue weighted by molar-refractivity contribution is 6.55. The molecule has 0 aromatic heterocycles. The number of hydrogen-bond acceptors (Lipinski definition) is 3. The fraction of sp³-hybridized carbons (Fsp3) is 0.200. The average Bonchev–Trinajstić information content (AvgIpc) is 2.82. The number of ether oxygens (including phenoxy) is 1. The van der Waals surface area contributed by atoms with E-state index in [1.54, 1.807) is 24.3 Å². The molecule has 5 heteroatoms. The summed E-state index contributed by atoms with van der Waals surface area (Å²) < 4.78 is 5.40. The van der Waals surface area contributed by atoms with Crippen molar-refractivity contribution < 1.29 is 14.3 Å². The molecule has 0 saturated heterocycles. The standard InChI is InChI=1S/C20H18ClNO3/c1-3-25-16-10-8-15(9-11-16)17-18(21)20(24)22(19(17)23)12-14-6-4-13(2)5-7-14/h4-11H,3,12H2,1-2H3. The van der Waals surface area contributed by atoms with Crippen molar-refractivity contribution in [1.29, 1.82) is 0 Å². The van der Waals surface area contributed by atoms with Crippen molar-refractivity contribution in [2.24, 2.45) is 0 Å². The second kappa shape index (κ2) is 7.11. The Balaban J connectivity index is 1.84. The van der Waals surface area contributed by atoms with Crippen molar-refractivity contribution in [3.05, 3.63) is 70.3 Å². The van der Waals surface area contributed by atoms with Crippen molar-refractivity contribution in [1.82, 2.24) is 4.90 Å². The third kappa shape index (κ3) is 3.44. The van der Waals surface area contributed by atoms with E-state index >= 15 is 0 Å². The Bertz CT molecular complexity index is 838. The lowest BCUT2D eigenvalue weighted by Gasteiger charge is -2.15. The number of carbonyl (C=O) groups excluding carboxylic acids is 2. The molecule has 1 heterocycles. The smallest absolute Gasteiger partial charge is 0.273 e. The Kier molecular flexibility index (Phi) is 4.91. The number of hydrogen-bond donors (Lipinski definition) is 0. The quantitative estimate of drug-likeness (QED) is 0.764. The monoisotopic (exact) mass is 355 g/mol. The lowest BCUT2D eigenvalue weighted by molar-refractivity contribution is -0.137. The highest BCUT2D eigenvalue weighted by atomic mass is 35.5. The van der Waals surface area contributed by atoms with Gasteiger partial charge in [0, 0.05) is 0 Å². The summed E-state index contributed by atoms with van der Waals surface area (Å²) in [7, 11) is 0. The van der Waals surface area contributed by atoms with Gasteiger partial charge in [-0.1, -0.05) is 53.6 Å². The van der Waals surface area contributed by atoms with Gasteiger partial charge in [0.05, 0.1) is 18.7 Å². The fourth-order valence-corrected chi connectivity index (χ4v) is 2.99. The van der Waals surface area contributed by atoms with E-state index in [9.17, 15) is 9.59 Å². The molecule has 0 saturated carbocycles. The van der Waals surface area contributed by atoms with E-state index in [-0.39, 0.29) is 23.1 Å². The molecule has 0 spiro atoms. The maximum atomic E-state index is 12.7. The van der Waals surface area contributed by atoms with Gasteiger partial charge in [-0.05, 0) is 37.1 Å². The van der Waals surface area contributed by atoms with Crippen LogP contribution < -0.4 is 4.74 Å². The van der Waals surface area contributed by atoms with E-state index in [1.807, 2.05) is 38.1 Å². The third-order valence-electron chi connectivity index (χ3n) is 4.03. The number of nitrogens with zero attached hydrogens (tertiary/aromatic N) is 1. The van der Waals surface area contributed by atoms with Gasteiger partial charge in [0.15, 0.2) is 0 Å². The van der Waals surface area contributed by atoms with Crippen molar-refractivity contribution in [2.45, 2.75) is 20.4 Å². The number of halogens is 1. The van der Waals surface area contributed by atoms with Crippen LogP contribution in [0.1, 0.15) is 23.6 Å². The highest BCUT2D eigenvalue weighted by Crippen LogP contribution is 2.33. The summed E-state index contributed by atoms with van der Waals surface area (Å²) in [5.74, 6) is -0.132. The maximum Gasteiger partial charge on any atom is 0.273 e. The van der Waals surface area contributed by atoms with Crippen LogP contribution in [0.3, 0.4) is 0 Å². The molecule has 2 amide bonds. The molecule has 128 valence electrons. The highest BCUT2D eigenvalue weighted by Gasteiger charge is 2.38. The Morgan fingerprint density at radius 2 is 1.60 bits per heavy atom. The van der Waals surface area contributed by atoms with Gasteiger partial charge in [0.25, 0.3) is 11.8 Å². The van der Waals surface area contributed by atoms with Gasteiger partial charge in [-0.2, -0.15) is 0 Å². The zero-order valence-corrected chi connectivity index (χ0v) is 14.8. The zero-order valence-electron chi connectivity index (χ0n) is 14.1. The molecule has 0 atom stereocenters. The first kappa shape index (κ1) is 17.2. The van der Waals surface area contributed by atoms with Crippen LogP contribution in [-0.4, -0.2) is 23.3 Å². The first-order valence-corrected chi connectivity index (χ1v) is 8.43. The van der Waals surface area contributed by atoms with Crippen LogP contribution in [0, 0.1) is 6.92 Å². The molecular weight excluding hydrogens is 338 g/mol. The van der Waals surface area contributed by atoms with Crippen LogP contribution in [0.2, 0.25) is 0 Å². The van der Waals surface area contributed by atoms with E-state index < -0.39 is 5.91 Å². The minimum Gasteiger partial charge on any atom is -0.494 e. The number of benzene rings is 2. The third-order valence-corrected chi connectivity index (χ3v) is 4.38. The molecule has 1 aliphatic heterocycles. The number of carbonyl (C=O) groups is 2.